The van der Waals surface area contributed by atoms with Crippen LogP contribution in [0.5, 0.6) is 0 Å². The van der Waals surface area contributed by atoms with Gasteiger partial charge in [0.05, 0.1) is 9.80 Å². The normalized spacial score (nSPS) is 19.1. The molecule has 1 heterocycles. The van der Waals surface area contributed by atoms with Gasteiger partial charge >= 0.3 is 0 Å². The van der Waals surface area contributed by atoms with E-state index in [1.54, 1.807) is 13.0 Å². The van der Waals surface area contributed by atoms with Crippen LogP contribution in [0.1, 0.15) is 12.5 Å². The van der Waals surface area contributed by atoms with Crippen molar-refractivity contribution in [2.75, 3.05) is 6.54 Å². The maximum absolute atomic E-state index is 13.0. The fraction of sp³-hybridized carbons (Fsp3) is 0.273. The maximum atomic E-state index is 13.0. The zero-order chi connectivity index (χ0) is 11.9. The Morgan fingerprint density at radius 1 is 1.44 bits per heavy atom. The Hall–Kier alpha value is -1.20. The molecule has 0 spiro atoms. The molecule has 1 atom stereocenters. The van der Waals surface area contributed by atoms with E-state index in [-0.39, 0.29) is 22.3 Å². The highest BCUT2D eigenvalue weighted by Gasteiger charge is 2.32. The molecule has 0 aliphatic carbocycles. The van der Waals surface area contributed by atoms with E-state index >= 15 is 0 Å². The first kappa shape index (κ1) is 11.3. The second-order valence-electron chi connectivity index (χ2n) is 3.87. The SMILES string of the molecule is CC(CN)C1=Cc2ccc(F)cc2S1(=O)=O. The average Bonchev–Trinajstić information content (AvgIpc) is 2.50. The first-order chi connectivity index (χ1) is 7.46. The summed E-state index contributed by atoms with van der Waals surface area (Å²) in [7, 11) is -3.54. The van der Waals surface area contributed by atoms with Gasteiger partial charge < -0.3 is 5.73 Å². The van der Waals surface area contributed by atoms with E-state index in [0.29, 0.717) is 5.56 Å². The van der Waals surface area contributed by atoms with E-state index < -0.39 is 15.7 Å². The summed E-state index contributed by atoms with van der Waals surface area (Å²) in [6.45, 7) is 1.99. The molecule has 16 heavy (non-hydrogen) atoms. The van der Waals surface area contributed by atoms with Crippen molar-refractivity contribution in [2.45, 2.75) is 11.8 Å². The van der Waals surface area contributed by atoms with Crippen LogP contribution in [-0.2, 0) is 9.84 Å². The number of sulfone groups is 1. The molecule has 0 amide bonds. The molecule has 86 valence electrons. The highest BCUT2D eigenvalue weighted by atomic mass is 32.2. The molecule has 0 saturated carbocycles. The number of benzene rings is 1. The van der Waals surface area contributed by atoms with Crippen LogP contribution in [0.2, 0.25) is 0 Å². The van der Waals surface area contributed by atoms with Gasteiger partial charge in [-0.1, -0.05) is 13.0 Å². The molecular formula is C11H12FNO2S. The van der Waals surface area contributed by atoms with E-state index in [0.717, 1.165) is 6.07 Å². The summed E-state index contributed by atoms with van der Waals surface area (Å²) < 4.78 is 37.1. The van der Waals surface area contributed by atoms with Gasteiger partial charge in [0.15, 0.2) is 0 Å². The van der Waals surface area contributed by atoms with Gasteiger partial charge in [0.1, 0.15) is 5.82 Å². The van der Waals surface area contributed by atoms with Crippen LogP contribution in [0.3, 0.4) is 0 Å². The Kier molecular flexibility index (Phi) is 2.59. The van der Waals surface area contributed by atoms with Crippen LogP contribution in [0, 0.1) is 11.7 Å². The van der Waals surface area contributed by atoms with Gasteiger partial charge in [0, 0.05) is 5.92 Å². The lowest BCUT2D eigenvalue weighted by atomic mass is 10.1. The average molecular weight is 241 g/mol. The first-order valence-corrected chi connectivity index (χ1v) is 6.41. The molecule has 5 heteroatoms. The minimum absolute atomic E-state index is 0.0443. The van der Waals surface area contributed by atoms with Crippen LogP contribution in [-0.4, -0.2) is 15.0 Å². The topological polar surface area (TPSA) is 60.2 Å². The molecular weight excluding hydrogens is 229 g/mol. The number of fused-ring (bicyclic) bond motifs is 1. The van der Waals surface area contributed by atoms with Crippen molar-refractivity contribution in [3.8, 4) is 0 Å². The minimum Gasteiger partial charge on any atom is -0.330 e. The van der Waals surface area contributed by atoms with Crippen LogP contribution < -0.4 is 5.73 Å². The summed E-state index contributed by atoms with van der Waals surface area (Å²) in [4.78, 5) is 0.318. The second kappa shape index (κ2) is 3.68. The molecule has 0 radical (unpaired) electrons. The summed E-state index contributed by atoms with van der Waals surface area (Å²) in [5, 5.41) is 0. The highest BCUT2D eigenvalue weighted by molar-refractivity contribution is 7.95. The van der Waals surface area contributed by atoms with Crippen molar-refractivity contribution in [3.63, 3.8) is 0 Å². The lowest BCUT2D eigenvalue weighted by molar-refractivity contribution is 0.590. The molecule has 0 saturated heterocycles. The van der Waals surface area contributed by atoms with Gasteiger partial charge in [-0.05, 0) is 30.3 Å². The largest absolute Gasteiger partial charge is 0.330 e. The molecule has 1 aliphatic rings. The number of rotatable bonds is 2. The quantitative estimate of drug-likeness (QED) is 0.854. The van der Waals surface area contributed by atoms with Gasteiger partial charge in [-0.15, -0.1) is 0 Å². The van der Waals surface area contributed by atoms with E-state index in [4.69, 9.17) is 5.73 Å². The van der Waals surface area contributed by atoms with Crippen LogP contribution in [0.25, 0.3) is 6.08 Å². The van der Waals surface area contributed by atoms with Crippen molar-refractivity contribution in [1.29, 1.82) is 0 Å². The third kappa shape index (κ3) is 1.56. The fourth-order valence-corrected chi connectivity index (χ4v) is 3.61. The molecule has 1 aromatic rings. The Labute approximate surface area is 93.7 Å². The number of halogens is 1. The molecule has 1 aliphatic heterocycles. The van der Waals surface area contributed by atoms with Gasteiger partial charge in [-0.2, -0.15) is 0 Å². The summed E-state index contributed by atoms with van der Waals surface area (Å²) >= 11 is 0. The predicted molar refractivity (Wildman–Crippen MR) is 59.8 cm³/mol. The van der Waals surface area contributed by atoms with E-state index in [9.17, 15) is 12.8 Å². The lowest BCUT2D eigenvalue weighted by Gasteiger charge is -2.09. The summed E-state index contributed by atoms with van der Waals surface area (Å²) in [6, 6.07) is 3.77. The fourth-order valence-electron chi connectivity index (χ4n) is 1.74. The molecule has 0 aromatic heterocycles. The number of hydrogen-bond acceptors (Lipinski definition) is 3. The van der Waals surface area contributed by atoms with Crippen molar-refractivity contribution in [1.82, 2.24) is 0 Å². The van der Waals surface area contributed by atoms with E-state index in [1.807, 2.05) is 0 Å². The Bertz CT molecular complexity index is 563. The zero-order valence-electron chi connectivity index (χ0n) is 8.77. The molecule has 2 rings (SSSR count). The smallest absolute Gasteiger partial charge is 0.203 e. The van der Waals surface area contributed by atoms with Gasteiger partial charge in [-0.3, -0.25) is 0 Å². The summed E-state index contributed by atoms with van der Waals surface area (Å²) in [5.74, 6) is -0.794. The summed E-state index contributed by atoms with van der Waals surface area (Å²) in [6.07, 6.45) is 1.57. The monoisotopic (exact) mass is 241 g/mol. The highest BCUT2D eigenvalue weighted by Crippen LogP contribution is 2.36. The Balaban J connectivity index is 2.60. The van der Waals surface area contributed by atoms with Crippen LogP contribution in [0.15, 0.2) is 28.0 Å². The minimum atomic E-state index is -3.54. The van der Waals surface area contributed by atoms with Gasteiger partial charge in [-0.25, -0.2) is 12.8 Å². The van der Waals surface area contributed by atoms with Gasteiger partial charge in [0.25, 0.3) is 0 Å². The predicted octanol–water partition coefficient (Wildman–Crippen LogP) is 1.55. The van der Waals surface area contributed by atoms with Gasteiger partial charge in [0.2, 0.25) is 9.84 Å². The molecule has 0 bridgehead atoms. The van der Waals surface area contributed by atoms with E-state index in [1.165, 1.54) is 12.1 Å². The first-order valence-electron chi connectivity index (χ1n) is 4.93. The van der Waals surface area contributed by atoms with E-state index in [2.05, 4.69) is 0 Å². The standard InChI is InChI=1S/C11H12FNO2S/c1-7(6-13)10-4-8-2-3-9(12)5-11(8)16(10,14)15/h2-5,7H,6,13H2,1H3. The molecule has 3 nitrogen and oxygen atoms in total. The van der Waals surface area contributed by atoms with Crippen molar-refractivity contribution in [3.05, 3.63) is 34.5 Å². The van der Waals surface area contributed by atoms with Crippen molar-refractivity contribution >= 4 is 15.9 Å². The zero-order valence-corrected chi connectivity index (χ0v) is 9.59. The second-order valence-corrected chi connectivity index (χ2v) is 5.79. The number of hydrogen-bond donors (Lipinski definition) is 1. The van der Waals surface area contributed by atoms with Crippen molar-refractivity contribution < 1.29 is 12.8 Å². The third-order valence-electron chi connectivity index (χ3n) is 2.71. The summed E-state index contributed by atoms with van der Waals surface area (Å²) in [5.41, 5.74) is 6.00. The maximum Gasteiger partial charge on any atom is 0.203 e. The lowest BCUT2D eigenvalue weighted by Crippen LogP contribution is -2.17. The van der Waals surface area contributed by atoms with Crippen molar-refractivity contribution in [2.24, 2.45) is 11.7 Å². The third-order valence-corrected chi connectivity index (χ3v) is 4.79. The number of nitrogens with two attached hydrogens (primary N) is 1. The van der Waals surface area contributed by atoms with Crippen LogP contribution in [0.4, 0.5) is 4.39 Å². The molecule has 1 unspecified atom stereocenters. The van der Waals surface area contributed by atoms with Crippen LogP contribution >= 0.6 is 0 Å². The molecule has 1 aromatic carbocycles. The Morgan fingerprint density at radius 3 is 2.75 bits per heavy atom. The Morgan fingerprint density at radius 2 is 2.12 bits per heavy atom. The molecule has 0 fully saturated rings. The molecule has 2 N–H and O–H groups in total.